The van der Waals surface area contributed by atoms with Crippen LogP contribution < -0.4 is 9.64 Å². The molecule has 1 aromatic heterocycles. The van der Waals surface area contributed by atoms with Gasteiger partial charge in [0.05, 0.1) is 7.11 Å². The molecule has 2 aromatic rings. The van der Waals surface area contributed by atoms with Gasteiger partial charge in [-0.3, -0.25) is 0 Å². The van der Waals surface area contributed by atoms with Crippen LogP contribution in [0.5, 0.6) is 5.75 Å². The van der Waals surface area contributed by atoms with E-state index in [-0.39, 0.29) is 0 Å². The maximum Gasteiger partial charge on any atom is 0.136 e. The molecule has 1 saturated heterocycles. The second-order valence-electron chi connectivity index (χ2n) is 5.45. The smallest absolute Gasteiger partial charge is 0.136 e. The number of aromatic nitrogens is 1. The number of nitrogens with zero attached hydrogens (tertiary/aromatic N) is 2. The van der Waals surface area contributed by atoms with Crippen molar-refractivity contribution in [1.29, 1.82) is 0 Å². The van der Waals surface area contributed by atoms with Crippen molar-refractivity contribution in [1.82, 2.24) is 4.98 Å². The topological polar surface area (TPSA) is 25.4 Å². The van der Waals surface area contributed by atoms with E-state index in [0.717, 1.165) is 31.1 Å². The zero-order valence-corrected chi connectivity index (χ0v) is 13.4. The van der Waals surface area contributed by atoms with E-state index in [1.54, 1.807) is 7.11 Å². The van der Waals surface area contributed by atoms with E-state index in [1.165, 1.54) is 10.8 Å². The van der Waals surface area contributed by atoms with Crippen LogP contribution in [0.4, 0.5) is 5.82 Å². The lowest BCUT2D eigenvalue weighted by atomic mass is 9.99. The Balaban J connectivity index is 1.99. The SMILES string of the molecule is COc1ccc2c(N3CCC(Br)C(C)C3)nccc2c1. The molecule has 0 aliphatic carbocycles. The van der Waals surface area contributed by atoms with Crippen LogP contribution in [0.25, 0.3) is 10.8 Å². The highest BCUT2D eigenvalue weighted by molar-refractivity contribution is 9.09. The van der Waals surface area contributed by atoms with Crippen LogP contribution in [-0.2, 0) is 0 Å². The first-order chi connectivity index (χ1) is 9.69. The van der Waals surface area contributed by atoms with Gasteiger partial charge in [0, 0.05) is 29.5 Å². The Morgan fingerprint density at radius 3 is 2.95 bits per heavy atom. The summed E-state index contributed by atoms with van der Waals surface area (Å²) in [6.45, 7) is 4.40. The van der Waals surface area contributed by atoms with Crippen molar-refractivity contribution in [2.75, 3.05) is 25.1 Å². The summed E-state index contributed by atoms with van der Waals surface area (Å²) in [5, 5.41) is 2.39. The van der Waals surface area contributed by atoms with E-state index in [9.17, 15) is 0 Å². The predicted octanol–water partition coefficient (Wildman–Crippen LogP) is 3.85. The van der Waals surface area contributed by atoms with E-state index in [1.807, 2.05) is 18.3 Å². The highest BCUT2D eigenvalue weighted by Gasteiger charge is 2.25. The molecule has 1 aliphatic rings. The first kappa shape index (κ1) is 13.7. The lowest BCUT2D eigenvalue weighted by Gasteiger charge is -2.35. The highest BCUT2D eigenvalue weighted by Crippen LogP contribution is 2.32. The molecule has 0 N–H and O–H groups in total. The molecule has 106 valence electrons. The van der Waals surface area contributed by atoms with E-state index >= 15 is 0 Å². The summed E-state index contributed by atoms with van der Waals surface area (Å²) in [5.41, 5.74) is 0. The normalized spacial score (nSPS) is 23.1. The van der Waals surface area contributed by atoms with Crippen LogP contribution in [-0.4, -0.2) is 30.0 Å². The van der Waals surface area contributed by atoms with Gasteiger partial charge in [-0.05, 0) is 42.0 Å². The molecule has 1 aromatic carbocycles. The van der Waals surface area contributed by atoms with Crippen molar-refractivity contribution in [2.24, 2.45) is 5.92 Å². The number of alkyl halides is 1. The second kappa shape index (κ2) is 5.60. The van der Waals surface area contributed by atoms with Crippen LogP contribution in [0, 0.1) is 5.92 Å². The minimum absolute atomic E-state index is 0.619. The third kappa shape index (κ3) is 2.49. The summed E-state index contributed by atoms with van der Waals surface area (Å²) in [6, 6.07) is 8.23. The molecule has 0 bridgehead atoms. The lowest BCUT2D eigenvalue weighted by molar-refractivity contribution is 0.415. The summed E-state index contributed by atoms with van der Waals surface area (Å²) in [6.07, 6.45) is 3.05. The van der Waals surface area contributed by atoms with Gasteiger partial charge in [-0.1, -0.05) is 22.9 Å². The molecule has 2 atom stereocenters. The number of methoxy groups -OCH3 is 1. The fourth-order valence-electron chi connectivity index (χ4n) is 2.83. The lowest BCUT2D eigenvalue weighted by Crippen LogP contribution is -2.40. The number of pyridine rings is 1. The van der Waals surface area contributed by atoms with Gasteiger partial charge >= 0.3 is 0 Å². The predicted molar refractivity (Wildman–Crippen MR) is 87.0 cm³/mol. The van der Waals surface area contributed by atoms with E-state index in [2.05, 4.69) is 44.9 Å². The minimum atomic E-state index is 0.619. The number of anilines is 1. The maximum atomic E-state index is 5.30. The number of hydrogen-bond acceptors (Lipinski definition) is 3. The Morgan fingerprint density at radius 2 is 2.20 bits per heavy atom. The fourth-order valence-corrected chi connectivity index (χ4v) is 3.20. The standard InChI is InChI=1S/C16H19BrN2O/c1-11-10-19(8-6-15(11)17)16-14-4-3-13(20-2)9-12(14)5-7-18-16/h3-5,7,9,11,15H,6,8,10H2,1-2H3. The summed E-state index contributed by atoms with van der Waals surface area (Å²) < 4.78 is 5.30. The maximum absolute atomic E-state index is 5.30. The molecule has 2 heterocycles. The van der Waals surface area contributed by atoms with Crippen LogP contribution >= 0.6 is 15.9 Å². The molecule has 0 amide bonds. The first-order valence-electron chi connectivity index (χ1n) is 7.01. The number of benzene rings is 1. The van der Waals surface area contributed by atoms with Gasteiger partial charge in [0.2, 0.25) is 0 Å². The third-order valence-electron chi connectivity index (χ3n) is 4.05. The monoisotopic (exact) mass is 334 g/mol. The molecule has 1 aliphatic heterocycles. The summed E-state index contributed by atoms with van der Waals surface area (Å²) >= 11 is 3.76. The van der Waals surface area contributed by atoms with Gasteiger partial charge in [0.25, 0.3) is 0 Å². The number of hydrogen-bond donors (Lipinski definition) is 0. The van der Waals surface area contributed by atoms with Crippen molar-refractivity contribution < 1.29 is 4.74 Å². The minimum Gasteiger partial charge on any atom is -0.497 e. The van der Waals surface area contributed by atoms with E-state index in [4.69, 9.17) is 4.74 Å². The number of fused-ring (bicyclic) bond motifs is 1. The Kier molecular flexibility index (Phi) is 3.83. The van der Waals surface area contributed by atoms with Crippen LogP contribution in [0.2, 0.25) is 0 Å². The average Bonchev–Trinajstić information content (AvgIpc) is 2.49. The third-order valence-corrected chi connectivity index (χ3v) is 5.41. The van der Waals surface area contributed by atoms with E-state index in [0.29, 0.717) is 10.7 Å². The Labute approximate surface area is 128 Å². The number of piperidine rings is 1. The van der Waals surface area contributed by atoms with Crippen molar-refractivity contribution in [3.05, 3.63) is 30.5 Å². The molecule has 1 fully saturated rings. The van der Waals surface area contributed by atoms with Crippen molar-refractivity contribution in [3.8, 4) is 5.75 Å². The van der Waals surface area contributed by atoms with Crippen LogP contribution in [0.1, 0.15) is 13.3 Å². The van der Waals surface area contributed by atoms with Gasteiger partial charge < -0.3 is 9.64 Å². The van der Waals surface area contributed by atoms with Gasteiger partial charge in [-0.15, -0.1) is 0 Å². The van der Waals surface area contributed by atoms with Gasteiger partial charge in [-0.2, -0.15) is 0 Å². The molecular weight excluding hydrogens is 316 g/mol. The zero-order chi connectivity index (χ0) is 14.1. The van der Waals surface area contributed by atoms with Gasteiger partial charge in [-0.25, -0.2) is 4.98 Å². The molecule has 4 heteroatoms. The highest BCUT2D eigenvalue weighted by atomic mass is 79.9. The second-order valence-corrected chi connectivity index (χ2v) is 6.63. The molecule has 3 rings (SSSR count). The van der Waals surface area contributed by atoms with Gasteiger partial charge in [0.15, 0.2) is 0 Å². The number of halogens is 1. The Bertz CT molecular complexity index is 616. The average molecular weight is 335 g/mol. The van der Waals surface area contributed by atoms with E-state index < -0.39 is 0 Å². The van der Waals surface area contributed by atoms with Crippen LogP contribution in [0.3, 0.4) is 0 Å². The zero-order valence-electron chi connectivity index (χ0n) is 11.8. The molecule has 0 radical (unpaired) electrons. The van der Waals surface area contributed by atoms with Crippen molar-refractivity contribution in [2.45, 2.75) is 18.2 Å². The molecule has 0 saturated carbocycles. The van der Waals surface area contributed by atoms with Crippen LogP contribution in [0.15, 0.2) is 30.5 Å². The largest absolute Gasteiger partial charge is 0.497 e. The van der Waals surface area contributed by atoms with Crippen molar-refractivity contribution >= 4 is 32.5 Å². The quantitative estimate of drug-likeness (QED) is 0.780. The summed E-state index contributed by atoms with van der Waals surface area (Å²) in [4.78, 5) is 7.63. The summed E-state index contributed by atoms with van der Waals surface area (Å²) in [5.74, 6) is 2.62. The first-order valence-corrected chi connectivity index (χ1v) is 7.92. The molecule has 3 nitrogen and oxygen atoms in total. The molecular formula is C16H19BrN2O. The molecule has 2 unspecified atom stereocenters. The molecule has 20 heavy (non-hydrogen) atoms. The van der Waals surface area contributed by atoms with Gasteiger partial charge in [0.1, 0.15) is 11.6 Å². The fraction of sp³-hybridized carbons (Fsp3) is 0.438. The van der Waals surface area contributed by atoms with Crippen molar-refractivity contribution in [3.63, 3.8) is 0 Å². The summed E-state index contributed by atoms with van der Waals surface area (Å²) in [7, 11) is 1.70. The number of rotatable bonds is 2. The molecule has 0 spiro atoms. The number of ether oxygens (including phenoxy) is 1. The Morgan fingerprint density at radius 1 is 1.35 bits per heavy atom. The Hall–Kier alpha value is -1.29.